The van der Waals surface area contributed by atoms with Crippen molar-refractivity contribution in [3.05, 3.63) is 48.4 Å². The van der Waals surface area contributed by atoms with Crippen LogP contribution in [0.4, 0.5) is 10.1 Å². The van der Waals surface area contributed by atoms with Crippen molar-refractivity contribution in [1.29, 1.82) is 0 Å². The van der Waals surface area contributed by atoms with Gasteiger partial charge in [-0.2, -0.15) is 8.42 Å². The van der Waals surface area contributed by atoms with Gasteiger partial charge in [0.1, 0.15) is 5.75 Å². The highest BCUT2D eigenvalue weighted by molar-refractivity contribution is 7.92. The average Bonchev–Trinajstić information content (AvgIpc) is 2.39. The fourth-order valence-electron chi connectivity index (χ4n) is 1.49. The summed E-state index contributed by atoms with van der Waals surface area (Å²) in [5, 5.41) is 8.53. The molecule has 1 aromatic carbocycles. The Morgan fingerprint density at radius 3 is 2.42 bits per heavy atom. The molecule has 1 N–H and O–H groups in total. The number of phenolic OH excluding ortho intramolecular Hbond substituents is 1. The number of anilines is 1. The minimum Gasteiger partial charge on any atom is -0.508 e. The molecule has 0 unspecified atom stereocenters. The van der Waals surface area contributed by atoms with Gasteiger partial charge in [0.25, 0.3) is 10.0 Å². The summed E-state index contributed by atoms with van der Waals surface area (Å²) in [6.07, 6.45) is 1.21. The topological polar surface area (TPSA) is 70.5 Å². The van der Waals surface area contributed by atoms with Crippen LogP contribution in [0.15, 0.2) is 47.6 Å². The summed E-state index contributed by atoms with van der Waals surface area (Å²) >= 11 is 0. The molecule has 0 radical (unpaired) electrons. The molecule has 0 bridgehead atoms. The molecule has 1 heterocycles. The molecular weight excluding hydrogens is 271 g/mol. The maximum Gasteiger partial charge on any atom is 0.284 e. The molecule has 0 saturated carbocycles. The third kappa shape index (κ3) is 2.50. The van der Waals surface area contributed by atoms with Gasteiger partial charge >= 0.3 is 0 Å². The van der Waals surface area contributed by atoms with E-state index in [9.17, 15) is 12.8 Å². The smallest absolute Gasteiger partial charge is 0.284 e. The first-order valence-electron chi connectivity index (χ1n) is 5.31. The number of phenols is 1. The van der Waals surface area contributed by atoms with Crippen molar-refractivity contribution in [2.24, 2.45) is 0 Å². The summed E-state index contributed by atoms with van der Waals surface area (Å²) in [5.41, 5.74) is 0.294. The van der Waals surface area contributed by atoms with E-state index in [1.165, 1.54) is 43.6 Å². The van der Waals surface area contributed by atoms with Crippen molar-refractivity contribution < 1.29 is 17.9 Å². The van der Waals surface area contributed by atoms with Gasteiger partial charge in [-0.15, -0.1) is 0 Å². The molecular formula is C12H11FN2O3S. The molecule has 1 aromatic heterocycles. The highest BCUT2D eigenvalue weighted by atomic mass is 32.2. The van der Waals surface area contributed by atoms with Gasteiger partial charge < -0.3 is 5.11 Å². The monoisotopic (exact) mass is 282 g/mol. The van der Waals surface area contributed by atoms with Crippen LogP contribution in [0.2, 0.25) is 0 Å². The van der Waals surface area contributed by atoms with E-state index in [-0.39, 0.29) is 5.75 Å². The Balaban J connectivity index is 2.45. The van der Waals surface area contributed by atoms with Gasteiger partial charge in [0.15, 0.2) is 5.82 Å². The summed E-state index contributed by atoms with van der Waals surface area (Å²) in [7, 11) is -2.78. The molecule has 5 nitrogen and oxygen atoms in total. The first kappa shape index (κ1) is 13.3. The number of halogens is 1. The van der Waals surface area contributed by atoms with Gasteiger partial charge in [-0.3, -0.25) is 4.31 Å². The van der Waals surface area contributed by atoms with Gasteiger partial charge in [-0.1, -0.05) is 0 Å². The van der Waals surface area contributed by atoms with Crippen molar-refractivity contribution in [2.75, 3.05) is 11.4 Å². The van der Waals surface area contributed by atoms with Crippen LogP contribution < -0.4 is 4.31 Å². The summed E-state index contributed by atoms with van der Waals surface area (Å²) < 4.78 is 38.8. The lowest BCUT2D eigenvalue weighted by atomic mass is 10.3. The molecule has 19 heavy (non-hydrogen) atoms. The zero-order valence-electron chi connectivity index (χ0n) is 9.99. The maximum absolute atomic E-state index is 13.5. The Kier molecular flexibility index (Phi) is 3.39. The molecule has 0 fully saturated rings. The van der Waals surface area contributed by atoms with Gasteiger partial charge in [0, 0.05) is 13.2 Å². The standard InChI is InChI=1S/C12H11FN2O3S/c1-15(9-4-6-10(16)7-5-9)19(17,18)12-11(13)3-2-8-14-12/h2-8,16H,1H3. The molecule has 0 aliphatic carbocycles. The second kappa shape index (κ2) is 4.85. The summed E-state index contributed by atoms with van der Waals surface area (Å²) in [5.74, 6) is -0.897. The first-order valence-corrected chi connectivity index (χ1v) is 6.75. The second-order valence-corrected chi connectivity index (χ2v) is 5.66. The lowest BCUT2D eigenvalue weighted by Gasteiger charge is -2.19. The fraction of sp³-hybridized carbons (Fsp3) is 0.0833. The van der Waals surface area contributed by atoms with Crippen LogP contribution in [0.25, 0.3) is 0 Å². The third-order valence-electron chi connectivity index (χ3n) is 2.54. The largest absolute Gasteiger partial charge is 0.508 e. The zero-order chi connectivity index (χ0) is 14.0. The fourth-order valence-corrected chi connectivity index (χ4v) is 2.66. The van der Waals surface area contributed by atoms with Crippen molar-refractivity contribution >= 4 is 15.7 Å². The van der Waals surface area contributed by atoms with Crippen LogP contribution in [0.3, 0.4) is 0 Å². The molecule has 2 rings (SSSR count). The molecule has 0 spiro atoms. The summed E-state index contributed by atoms with van der Waals surface area (Å²) in [4.78, 5) is 3.56. The molecule has 0 atom stereocenters. The van der Waals surface area contributed by atoms with Crippen LogP contribution in [0.1, 0.15) is 0 Å². The number of aromatic hydroxyl groups is 1. The minimum atomic E-state index is -4.07. The number of nitrogens with zero attached hydrogens (tertiary/aromatic N) is 2. The molecule has 2 aromatic rings. The van der Waals surface area contributed by atoms with Crippen LogP contribution in [-0.4, -0.2) is 25.6 Å². The van der Waals surface area contributed by atoms with Gasteiger partial charge in [0.2, 0.25) is 5.03 Å². The van der Waals surface area contributed by atoms with E-state index in [0.29, 0.717) is 5.69 Å². The Bertz CT molecular complexity index is 686. The zero-order valence-corrected chi connectivity index (χ0v) is 10.8. The quantitative estimate of drug-likeness (QED) is 0.931. The highest BCUT2D eigenvalue weighted by Gasteiger charge is 2.26. The van der Waals surface area contributed by atoms with Crippen LogP contribution in [-0.2, 0) is 10.0 Å². The first-order chi connectivity index (χ1) is 8.93. The Morgan fingerprint density at radius 1 is 1.21 bits per heavy atom. The number of hydrogen-bond donors (Lipinski definition) is 1. The van der Waals surface area contributed by atoms with Crippen molar-refractivity contribution in [3.8, 4) is 5.75 Å². The van der Waals surface area contributed by atoms with Crippen molar-refractivity contribution in [3.63, 3.8) is 0 Å². The van der Waals surface area contributed by atoms with Gasteiger partial charge in [-0.05, 0) is 36.4 Å². The average molecular weight is 282 g/mol. The molecule has 7 heteroatoms. The number of sulfonamides is 1. The SMILES string of the molecule is CN(c1ccc(O)cc1)S(=O)(=O)c1ncccc1F. The van der Waals surface area contributed by atoms with Crippen LogP contribution >= 0.6 is 0 Å². The van der Waals surface area contributed by atoms with E-state index in [0.717, 1.165) is 10.4 Å². The van der Waals surface area contributed by atoms with E-state index in [1.54, 1.807) is 0 Å². The van der Waals surface area contributed by atoms with Crippen molar-refractivity contribution in [1.82, 2.24) is 4.98 Å². The number of hydrogen-bond acceptors (Lipinski definition) is 4. The molecule has 0 saturated heterocycles. The van der Waals surface area contributed by atoms with Crippen LogP contribution in [0.5, 0.6) is 5.75 Å². The number of aromatic nitrogens is 1. The van der Waals surface area contributed by atoms with Gasteiger partial charge in [-0.25, -0.2) is 9.37 Å². The Morgan fingerprint density at radius 2 is 1.84 bits per heavy atom. The van der Waals surface area contributed by atoms with E-state index in [1.807, 2.05) is 0 Å². The van der Waals surface area contributed by atoms with E-state index in [2.05, 4.69) is 4.98 Å². The third-order valence-corrected chi connectivity index (χ3v) is 4.26. The lowest BCUT2D eigenvalue weighted by Crippen LogP contribution is -2.28. The predicted octanol–water partition coefficient (Wildman–Crippen LogP) is 1.75. The molecule has 0 aliphatic heterocycles. The lowest BCUT2D eigenvalue weighted by molar-refractivity contribution is 0.475. The Hall–Kier alpha value is -2.15. The normalized spacial score (nSPS) is 11.3. The highest BCUT2D eigenvalue weighted by Crippen LogP contribution is 2.23. The summed E-state index contributed by atoms with van der Waals surface area (Å²) in [6.45, 7) is 0. The maximum atomic E-state index is 13.5. The summed E-state index contributed by atoms with van der Waals surface area (Å²) in [6, 6.07) is 7.85. The molecule has 0 amide bonds. The second-order valence-electron chi connectivity index (χ2n) is 3.78. The molecule has 0 aliphatic rings. The molecule has 100 valence electrons. The van der Waals surface area contributed by atoms with E-state index >= 15 is 0 Å². The number of rotatable bonds is 3. The number of pyridine rings is 1. The minimum absolute atomic E-state index is 0.0126. The number of benzene rings is 1. The van der Waals surface area contributed by atoms with E-state index in [4.69, 9.17) is 5.11 Å². The van der Waals surface area contributed by atoms with Crippen LogP contribution in [0, 0.1) is 5.82 Å². The van der Waals surface area contributed by atoms with E-state index < -0.39 is 20.9 Å². The van der Waals surface area contributed by atoms with Crippen molar-refractivity contribution in [2.45, 2.75) is 5.03 Å². The predicted molar refractivity (Wildman–Crippen MR) is 67.9 cm³/mol. The van der Waals surface area contributed by atoms with Gasteiger partial charge in [0.05, 0.1) is 5.69 Å². The Labute approximate surface area is 110 Å².